The van der Waals surface area contributed by atoms with E-state index in [1.807, 2.05) is 0 Å². The maximum Gasteiger partial charge on any atom is 0.335 e. The monoisotopic (exact) mass is 325 g/mol. The summed E-state index contributed by atoms with van der Waals surface area (Å²) in [7, 11) is -2.97. The Balaban J connectivity index is 1.32. The Kier molecular flexibility index (Phi) is 3.43. The highest BCUT2D eigenvalue weighted by atomic mass is 32.2. The highest BCUT2D eigenvalue weighted by Crippen LogP contribution is 2.57. The second-order valence-corrected chi connectivity index (χ2v) is 9.58. The summed E-state index contributed by atoms with van der Waals surface area (Å²) in [5, 5.41) is 7.06. The molecule has 4 rings (SSSR count). The van der Waals surface area contributed by atoms with Gasteiger partial charge < -0.3 is 5.32 Å². The first-order valence-corrected chi connectivity index (χ1v) is 10.2. The van der Waals surface area contributed by atoms with Crippen LogP contribution in [0.25, 0.3) is 0 Å². The Bertz CT molecular complexity index is 616. The van der Waals surface area contributed by atoms with E-state index >= 15 is 0 Å². The lowest BCUT2D eigenvalue weighted by atomic mass is 9.81. The summed E-state index contributed by atoms with van der Waals surface area (Å²) < 4.78 is 22.8. The minimum absolute atomic E-state index is 0.0471. The van der Waals surface area contributed by atoms with E-state index in [0.29, 0.717) is 12.3 Å². The minimum Gasteiger partial charge on any atom is -0.333 e. The van der Waals surface area contributed by atoms with Crippen molar-refractivity contribution >= 4 is 21.6 Å². The van der Waals surface area contributed by atoms with Crippen LogP contribution in [0.1, 0.15) is 38.5 Å². The van der Waals surface area contributed by atoms with E-state index in [1.54, 1.807) is 0 Å². The fourth-order valence-corrected chi connectivity index (χ4v) is 6.87. The molecule has 3 saturated carbocycles. The van der Waals surface area contributed by atoms with Crippen molar-refractivity contribution in [2.24, 2.45) is 28.8 Å². The molecule has 0 unspecified atom stereocenters. The molecule has 6 nitrogen and oxygen atoms in total. The summed E-state index contributed by atoms with van der Waals surface area (Å²) in [4.78, 5) is 11.9. The summed E-state index contributed by atoms with van der Waals surface area (Å²) in [5.74, 6) is 3.26. The van der Waals surface area contributed by atoms with Gasteiger partial charge in [0, 0.05) is 17.7 Å². The van der Waals surface area contributed by atoms with Gasteiger partial charge in [-0.2, -0.15) is 5.10 Å². The van der Waals surface area contributed by atoms with Crippen molar-refractivity contribution in [3.8, 4) is 0 Å². The van der Waals surface area contributed by atoms with Gasteiger partial charge >= 0.3 is 6.03 Å². The van der Waals surface area contributed by atoms with Crippen LogP contribution in [0.4, 0.5) is 4.79 Å². The van der Waals surface area contributed by atoms with Crippen LogP contribution < -0.4 is 10.7 Å². The highest BCUT2D eigenvalue weighted by molar-refractivity contribution is 7.91. The quantitative estimate of drug-likeness (QED) is 0.750. The zero-order chi connectivity index (χ0) is 15.3. The second kappa shape index (κ2) is 5.22. The van der Waals surface area contributed by atoms with E-state index in [1.165, 1.54) is 25.7 Å². The number of hydrazone groups is 1. The van der Waals surface area contributed by atoms with Gasteiger partial charge in [0.2, 0.25) is 0 Å². The number of hydrogen-bond acceptors (Lipinski definition) is 4. The van der Waals surface area contributed by atoms with Crippen molar-refractivity contribution in [1.29, 1.82) is 0 Å². The van der Waals surface area contributed by atoms with Gasteiger partial charge in [0.15, 0.2) is 9.84 Å². The molecule has 7 heteroatoms. The van der Waals surface area contributed by atoms with Gasteiger partial charge in [0.05, 0.1) is 11.5 Å². The molecule has 4 aliphatic rings. The number of carbonyl (C=O) groups is 1. The number of fused-ring (bicyclic) bond motifs is 5. The van der Waals surface area contributed by atoms with Crippen LogP contribution in [0, 0.1) is 23.7 Å². The van der Waals surface area contributed by atoms with Gasteiger partial charge in [0.25, 0.3) is 0 Å². The normalized spacial score (nSPS) is 43.5. The molecule has 0 radical (unpaired) electrons. The third-order valence-electron chi connectivity index (χ3n) is 6.07. The molecule has 1 saturated heterocycles. The SMILES string of the molecule is O=C(NN=C1C[C@H]2C[C@H]1[C@@H]1CCC[C@H]21)N[C@@H]1CCS(=O)(=O)C1. The Morgan fingerprint density at radius 3 is 2.77 bits per heavy atom. The molecular weight excluding hydrogens is 302 g/mol. The first-order valence-electron chi connectivity index (χ1n) is 8.35. The molecule has 0 aromatic carbocycles. The fourth-order valence-electron chi connectivity index (χ4n) is 5.19. The molecule has 5 atom stereocenters. The molecule has 4 fully saturated rings. The number of sulfone groups is 1. The van der Waals surface area contributed by atoms with Gasteiger partial charge in [0.1, 0.15) is 0 Å². The summed E-state index contributed by atoms with van der Waals surface area (Å²) in [6.45, 7) is 0. The first kappa shape index (κ1) is 14.5. The number of nitrogens with one attached hydrogen (secondary N) is 2. The molecule has 0 aromatic rings. The standard InChI is InChI=1S/C15H23N3O3S/c19-15(16-10-4-5-22(20,21)8-10)18-17-14-7-9-6-13(14)12-3-1-2-11(9)12/h9-13H,1-8H2,(H2,16,18,19)/t9-,10-,11-,12-,13+/m1/s1. The van der Waals surface area contributed by atoms with Crippen molar-refractivity contribution in [1.82, 2.24) is 10.7 Å². The largest absolute Gasteiger partial charge is 0.335 e. The summed E-state index contributed by atoms with van der Waals surface area (Å²) in [5.41, 5.74) is 3.74. The first-order chi connectivity index (χ1) is 10.5. The number of rotatable bonds is 2. The van der Waals surface area contributed by atoms with E-state index in [-0.39, 0.29) is 23.6 Å². The fraction of sp³-hybridized carbons (Fsp3) is 0.867. The Labute approximate surface area is 131 Å². The van der Waals surface area contributed by atoms with Crippen LogP contribution in [0.5, 0.6) is 0 Å². The van der Waals surface area contributed by atoms with Crippen molar-refractivity contribution in [2.75, 3.05) is 11.5 Å². The van der Waals surface area contributed by atoms with Crippen molar-refractivity contribution in [3.63, 3.8) is 0 Å². The second-order valence-electron chi connectivity index (χ2n) is 7.35. The molecule has 2 bridgehead atoms. The zero-order valence-electron chi connectivity index (χ0n) is 12.6. The molecule has 1 heterocycles. The predicted octanol–water partition coefficient (Wildman–Crippen LogP) is 1.28. The molecule has 0 spiro atoms. The van der Waals surface area contributed by atoms with Gasteiger partial charge in [-0.1, -0.05) is 6.42 Å². The van der Waals surface area contributed by atoms with E-state index in [2.05, 4.69) is 15.8 Å². The third-order valence-corrected chi connectivity index (χ3v) is 7.84. The molecular formula is C15H23N3O3S. The molecule has 0 aromatic heterocycles. The maximum atomic E-state index is 11.9. The van der Waals surface area contributed by atoms with Gasteiger partial charge in [-0.3, -0.25) is 0 Å². The van der Waals surface area contributed by atoms with Crippen LogP contribution >= 0.6 is 0 Å². The lowest BCUT2D eigenvalue weighted by Crippen LogP contribution is -2.41. The molecule has 122 valence electrons. The molecule has 3 aliphatic carbocycles. The third kappa shape index (κ3) is 2.53. The van der Waals surface area contributed by atoms with Crippen molar-refractivity contribution in [3.05, 3.63) is 0 Å². The van der Waals surface area contributed by atoms with E-state index in [9.17, 15) is 13.2 Å². The van der Waals surface area contributed by atoms with E-state index < -0.39 is 9.84 Å². The lowest BCUT2D eigenvalue weighted by molar-refractivity contribution is 0.238. The topological polar surface area (TPSA) is 87.6 Å². The Morgan fingerprint density at radius 1 is 1.18 bits per heavy atom. The van der Waals surface area contributed by atoms with Crippen LogP contribution in [0.2, 0.25) is 0 Å². The average molecular weight is 325 g/mol. The smallest absolute Gasteiger partial charge is 0.333 e. The van der Waals surface area contributed by atoms with Gasteiger partial charge in [-0.15, -0.1) is 0 Å². The summed E-state index contributed by atoms with van der Waals surface area (Å²) in [6, 6.07) is -0.648. The van der Waals surface area contributed by atoms with Crippen molar-refractivity contribution < 1.29 is 13.2 Å². The van der Waals surface area contributed by atoms with Gasteiger partial charge in [-0.25, -0.2) is 18.6 Å². The minimum atomic E-state index is -2.97. The summed E-state index contributed by atoms with van der Waals surface area (Å²) >= 11 is 0. The van der Waals surface area contributed by atoms with Crippen LogP contribution in [-0.4, -0.2) is 37.7 Å². The number of urea groups is 1. The molecule has 2 N–H and O–H groups in total. The van der Waals surface area contributed by atoms with E-state index in [0.717, 1.165) is 29.9 Å². The van der Waals surface area contributed by atoms with Crippen LogP contribution in [-0.2, 0) is 9.84 Å². The molecule has 2 amide bonds. The number of amides is 2. The maximum absolute atomic E-state index is 11.9. The lowest BCUT2D eigenvalue weighted by Gasteiger charge is -2.25. The van der Waals surface area contributed by atoms with E-state index in [4.69, 9.17) is 0 Å². The van der Waals surface area contributed by atoms with Crippen LogP contribution in [0.3, 0.4) is 0 Å². The zero-order valence-corrected chi connectivity index (χ0v) is 13.4. The number of hydrogen-bond donors (Lipinski definition) is 2. The van der Waals surface area contributed by atoms with Crippen LogP contribution in [0.15, 0.2) is 5.10 Å². The Hall–Kier alpha value is -1.11. The number of carbonyl (C=O) groups excluding carboxylic acids is 1. The molecule has 1 aliphatic heterocycles. The predicted molar refractivity (Wildman–Crippen MR) is 83.2 cm³/mol. The van der Waals surface area contributed by atoms with Gasteiger partial charge in [-0.05, 0) is 49.9 Å². The average Bonchev–Trinajstić information content (AvgIpc) is 3.17. The number of nitrogens with zero attached hydrogens (tertiary/aromatic N) is 1. The van der Waals surface area contributed by atoms with Crippen molar-refractivity contribution in [2.45, 2.75) is 44.6 Å². The summed E-state index contributed by atoms with van der Waals surface area (Å²) in [6.07, 6.45) is 6.82. The Morgan fingerprint density at radius 2 is 2.00 bits per heavy atom. The molecule has 22 heavy (non-hydrogen) atoms. The highest BCUT2D eigenvalue weighted by Gasteiger charge is 2.52.